The summed E-state index contributed by atoms with van der Waals surface area (Å²) in [7, 11) is 0. The van der Waals surface area contributed by atoms with E-state index >= 15 is 0 Å². The van der Waals surface area contributed by atoms with Gasteiger partial charge in [0.1, 0.15) is 11.2 Å². The smallest absolute Gasteiger partial charge is 0.137 e. The minimum absolute atomic E-state index is 0.871. The highest BCUT2D eigenvalue weighted by Crippen LogP contribution is 2.47. The number of nitrogens with zero attached hydrogens (tertiary/aromatic N) is 1. The van der Waals surface area contributed by atoms with E-state index < -0.39 is 0 Å². The fraction of sp³-hybridized carbons (Fsp3) is 0. The summed E-state index contributed by atoms with van der Waals surface area (Å²) >= 11 is 1.87. The molecule has 0 fully saturated rings. The SMILES string of the molecule is c1ccc(-c2cccc(-c3ccccc3N(c3ccc(-c4cccc5c4sc4ccccc45)cc3)c3cccc4oc5ccccc5c34)c2)cc1. The lowest BCUT2D eigenvalue weighted by atomic mass is 9.96. The Kier molecular flexibility index (Phi) is 7.04. The zero-order valence-electron chi connectivity index (χ0n) is 27.7. The summed E-state index contributed by atoms with van der Waals surface area (Å²) in [5.74, 6) is 0. The number of fused-ring (bicyclic) bond motifs is 6. The van der Waals surface area contributed by atoms with Crippen molar-refractivity contribution in [1.82, 2.24) is 0 Å². The lowest BCUT2D eigenvalue weighted by molar-refractivity contribution is 0.669. The van der Waals surface area contributed by atoms with Crippen molar-refractivity contribution >= 4 is 70.5 Å². The van der Waals surface area contributed by atoms with E-state index in [4.69, 9.17) is 4.42 Å². The van der Waals surface area contributed by atoms with Gasteiger partial charge in [0, 0.05) is 36.8 Å². The van der Waals surface area contributed by atoms with E-state index in [9.17, 15) is 0 Å². The molecule has 0 saturated heterocycles. The van der Waals surface area contributed by atoms with Crippen molar-refractivity contribution in [3.05, 3.63) is 188 Å². The molecule has 10 aromatic rings. The van der Waals surface area contributed by atoms with Gasteiger partial charge in [-0.2, -0.15) is 0 Å². The normalized spacial score (nSPS) is 11.5. The first-order chi connectivity index (χ1) is 25.3. The fourth-order valence-electron chi connectivity index (χ4n) is 7.52. The van der Waals surface area contributed by atoms with Crippen molar-refractivity contribution < 1.29 is 4.42 Å². The minimum atomic E-state index is 0.871. The number of thiophene rings is 1. The Morgan fingerprint density at radius 1 is 0.392 bits per heavy atom. The molecule has 0 aliphatic carbocycles. The molecule has 0 atom stereocenters. The first kappa shape index (κ1) is 29.5. The van der Waals surface area contributed by atoms with Crippen LogP contribution in [-0.2, 0) is 0 Å². The van der Waals surface area contributed by atoms with Gasteiger partial charge in [0.15, 0.2) is 0 Å². The van der Waals surface area contributed by atoms with Crippen LogP contribution in [0.1, 0.15) is 0 Å². The molecule has 8 aromatic carbocycles. The molecule has 51 heavy (non-hydrogen) atoms. The lowest BCUT2D eigenvalue weighted by Gasteiger charge is -2.29. The Balaban J connectivity index is 1.17. The van der Waals surface area contributed by atoms with Crippen LogP contribution in [0.5, 0.6) is 0 Å². The van der Waals surface area contributed by atoms with Crippen LogP contribution in [0, 0.1) is 0 Å². The molecule has 0 spiro atoms. The molecular formula is C48H31NOS. The molecule has 0 radical (unpaired) electrons. The van der Waals surface area contributed by atoms with Gasteiger partial charge in [-0.1, -0.05) is 140 Å². The van der Waals surface area contributed by atoms with E-state index in [1.165, 1.54) is 42.4 Å². The highest BCUT2D eigenvalue weighted by Gasteiger charge is 2.22. The second-order valence-electron chi connectivity index (χ2n) is 12.9. The first-order valence-electron chi connectivity index (χ1n) is 17.3. The maximum absolute atomic E-state index is 6.41. The van der Waals surface area contributed by atoms with Crippen LogP contribution in [0.25, 0.3) is 75.5 Å². The van der Waals surface area contributed by atoms with E-state index in [-0.39, 0.29) is 0 Å². The summed E-state index contributed by atoms with van der Waals surface area (Å²) in [6.07, 6.45) is 0. The topological polar surface area (TPSA) is 16.4 Å². The standard InChI is InChI=1S/C48H31NOS/c1-2-13-32(14-3-1)34-15-10-16-35(31-34)37-17-4-7-22-42(37)49(43-23-12-25-45-47(43)41-19-5-8-24-44(41)50-45)36-29-27-33(28-30-36)38-20-11-21-40-39-18-6-9-26-46(39)51-48(38)40/h1-31H. The first-order valence-corrected chi connectivity index (χ1v) is 18.1. The zero-order chi connectivity index (χ0) is 33.7. The van der Waals surface area contributed by atoms with Crippen molar-refractivity contribution in [3.8, 4) is 33.4 Å². The molecule has 10 rings (SSSR count). The van der Waals surface area contributed by atoms with Gasteiger partial charge in [0.2, 0.25) is 0 Å². The molecule has 0 unspecified atom stereocenters. The summed E-state index contributed by atoms with van der Waals surface area (Å²) in [6, 6.07) is 67.4. The van der Waals surface area contributed by atoms with Gasteiger partial charge in [-0.15, -0.1) is 11.3 Å². The lowest BCUT2D eigenvalue weighted by Crippen LogP contribution is -2.11. The molecule has 0 saturated carbocycles. The molecule has 0 amide bonds. The number of furan rings is 1. The summed E-state index contributed by atoms with van der Waals surface area (Å²) in [6.45, 7) is 0. The Bertz CT molecular complexity index is 2860. The third kappa shape index (κ3) is 5.01. The van der Waals surface area contributed by atoms with E-state index in [0.717, 1.165) is 50.1 Å². The molecule has 0 bridgehead atoms. The van der Waals surface area contributed by atoms with Crippen LogP contribution >= 0.6 is 11.3 Å². The van der Waals surface area contributed by atoms with Crippen molar-refractivity contribution in [2.75, 3.05) is 4.90 Å². The van der Waals surface area contributed by atoms with Crippen LogP contribution in [0.2, 0.25) is 0 Å². The quantitative estimate of drug-likeness (QED) is 0.175. The highest BCUT2D eigenvalue weighted by molar-refractivity contribution is 7.26. The van der Waals surface area contributed by atoms with Crippen molar-refractivity contribution in [3.63, 3.8) is 0 Å². The highest BCUT2D eigenvalue weighted by atomic mass is 32.1. The summed E-state index contributed by atoms with van der Waals surface area (Å²) < 4.78 is 9.05. The number of benzene rings is 8. The van der Waals surface area contributed by atoms with E-state index in [0.29, 0.717) is 0 Å². The van der Waals surface area contributed by atoms with Gasteiger partial charge in [0.25, 0.3) is 0 Å². The van der Waals surface area contributed by atoms with E-state index in [1.807, 2.05) is 17.4 Å². The second-order valence-corrected chi connectivity index (χ2v) is 13.9. The molecule has 0 aliphatic heterocycles. The second kappa shape index (κ2) is 12.2. The van der Waals surface area contributed by atoms with Crippen LogP contribution in [0.15, 0.2) is 192 Å². The van der Waals surface area contributed by atoms with Crippen molar-refractivity contribution in [1.29, 1.82) is 0 Å². The van der Waals surface area contributed by atoms with Gasteiger partial charge in [-0.05, 0) is 76.3 Å². The molecule has 2 aromatic heterocycles. The number of hydrogen-bond donors (Lipinski definition) is 0. The number of para-hydroxylation sites is 2. The van der Waals surface area contributed by atoms with Crippen LogP contribution in [-0.4, -0.2) is 0 Å². The van der Waals surface area contributed by atoms with Gasteiger partial charge in [-0.25, -0.2) is 0 Å². The average Bonchev–Trinajstić information content (AvgIpc) is 3.78. The molecule has 3 heteroatoms. The zero-order valence-corrected chi connectivity index (χ0v) is 28.5. The predicted molar refractivity (Wildman–Crippen MR) is 218 cm³/mol. The molecule has 0 aliphatic rings. The van der Waals surface area contributed by atoms with Crippen LogP contribution in [0.3, 0.4) is 0 Å². The third-order valence-electron chi connectivity index (χ3n) is 9.89. The maximum Gasteiger partial charge on any atom is 0.137 e. The molecule has 0 N–H and O–H groups in total. The number of anilines is 3. The summed E-state index contributed by atoms with van der Waals surface area (Å²) in [4.78, 5) is 2.40. The Morgan fingerprint density at radius 2 is 1.02 bits per heavy atom. The van der Waals surface area contributed by atoms with E-state index in [1.54, 1.807) is 0 Å². The molecule has 240 valence electrons. The fourth-order valence-corrected chi connectivity index (χ4v) is 8.76. The summed E-state index contributed by atoms with van der Waals surface area (Å²) in [5.41, 5.74) is 12.2. The predicted octanol–water partition coefficient (Wildman–Crippen LogP) is 14.4. The van der Waals surface area contributed by atoms with Gasteiger partial charge < -0.3 is 9.32 Å². The van der Waals surface area contributed by atoms with Crippen molar-refractivity contribution in [2.24, 2.45) is 0 Å². The van der Waals surface area contributed by atoms with Gasteiger partial charge in [0.05, 0.1) is 16.8 Å². The van der Waals surface area contributed by atoms with Gasteiger partial charge >= 0.3 is 0 Å². The van der Waals surface area contributed by atoms with Crippen molar-refractivity contribution in [2.45, 2.75) is 0 Å². The monoisotopic (exact) mass is 669 g/mol. The Hall–Kier alpha value is -6.42. The number of rotatable bonds is 6. The molecular weight excluding hydrogens is 639 g/mol. The third-order valence-corrected chi connectivity index (χ3v) is 11.1. The summed E-state index contributed by atoms with van der Waals surface area (Å²) in [5, 5.41) is 4.82. The van der Waals surface area contributed by atoms with E-state index in [2.05, 4.69) is 187 Å². The Labute approximate surface area is 300 Å². The van der Waals surface area contributed by atoms with Crippen LogP contribution < -0.4 is 4.90 Å². The minimum Gasteiger partial charge on any atom is -0.456 e. The largest absolute Gasteiger partial charge is 0.456 e. The maximum atomic E-state index is 6.41. The average molecular weight is 670 g/mol. The van der Waals surface area contributed by atoms with Gasteiger partial charge in [-0.3, -0.25) is 0 Å². The van der Waals surface area contributed by atoms with Crippen LogP contribution in [0.4, 0.5) is 17.1 Å². The Morgan fingerprint density at radius 3 is 1.92 bits per heavy atom. The number of hydrogen-bond acceptors (Lipinski definition) is 3. The molecule has 2 heterocycles. The molecule has 2 nitrogen and oxygen atoms in total.